The molecular weight excluding hydrogens is 282 g/mol. The van der Waals surface area contributed by atoms with Gasteiger partial charge in [0.05, 0.1) is 13.2 Å². The van der Waals surface area contributed by atoms with Crippen LogP contribution >= 0.6 is 11.8 Å². The summed E-state index contributed by atoms with van der Waals surface area (Å²) in [6.07, 6.45) is 2.05. The van der Waals surface area contributed by atoms with E-state index in [4.69, 9.17) is 4.74 Å². The summed E-state index contributed by atoms with van der Waals surface area (Å²) >= 11 is 1.70. The van der Waals surface area contributed by atoms with Crippen LogP contribution in [0.3, 0.4) is 0 Å². The molecular formula is C17H19NO2S. The number of amides is 1. The molecule has 2 aromatic rings. The second-order valence-corrected chi connectivity index (χ2v) is 5.58. The highest BCUT2D eigenvalue weighted by Crippen LogP contribution is 2.19. The highest BCUT2D eigenvalue weighted by Gasteiger charge is 2.11. The molecule has 0 saturated carbocycles. The SMILES string of the molecule is COc1ccc(C(=O)N[C@H](C)c2ccc(SC)cc2)cc1. The molecule has 110 valence electrons. The monoisotopic (exact) mass is 301 g/mol. The van der Waals surface area contributed by atoms with Crippen LogP contribution in [0.15, 0.2) is 53.4 Å². The van der Waals surface area contributed by atoms with Gasteiger partial charge in [-0.3, -0.25) is 4.79 Å². The minimum atomic E-state index is -0.0842. The summed E-state index contributed by atoms with van der Waals surface area (Å²) in [6, 6.07) is 15.3. The predicted octanol–water partition coefficient (Wildman–Crippen LogP) is 3.91. The van der Waals surface area contributed by atoms with Crippen LogP contribution in [0, 0.1) is 0 Å². The Morgan fingerprint density at radius 3 is 2.24 bits per heavy atom. The first kappa shape index (κ1) is 15.4. The molecule has 0 spiro atoms. The van der Waals surface area contributed by atoms with Crippen LogP contribution in [0.2, 0.25) is 0 Å². The molecule has 0 saturated heterocycles. The molecule has 0 radical (unpaired) electrons. The third kappa shape index (κ3) is 4.02. The number of rotatable bonds is 5. The van der Waals surface area contributed by atoms with Crippen LogP contribution in [0.4, 0.5) is 0 Å². The van der Waals surface area contributed by atoms with E-state index in [1.165, 1.54) is 4.90 Å². The zero-order valence-electron chi connectivity index (χ0n) is 12.4. The lowest BCUT2D eigenvalue weighted by atomic mass is 10.1. The smallest absolute Gasteiger partial charge is 0.251 e. The number of hydrogen-bond donors (Lipinski definition) is 1. The Hall–Kier alpha value is -1.94. The Balaban J connectivity index is 2.03. The molecule has 1 N–H and O–H groups in total. The number of carbonyl (C=O) groups is 1. The first-order chi connectivity index (χ1) is 10.1. The fourth-order valence-electron chi connectivity index (χ4n) is 2.00. The van der Waals surface area contributed by atoms with E-state index < -0.39 is 0 Å². The van der Waals surface area contributed by atoms with E-state index in [1.54, 1.807) is 43.1 Å². The molecule has 2 aromatic carbocycles. The van der Waals surface area contributed by atoms with E-state index in [-0.39, 0.29) is 11.9 Å². The Bertz CT molecular complexity index is 593. The largest absolute Gasteiger partial charge is 0.497 e. The van der Waals surface area contributed by atoms with Crippen molar-refractivity contribution in [3.05, 3.63) is 59.7 Å². The summed E-state index contributed by atoms with van der Waals surface area (Å²) in [5, 5.41) is 3.00. The number of nitrogens with one attached hydrogen (secondary N) is 1. The second kappa shape index (κ2) is 7.18. The van der Waals surface area contributed by atoms with Gasteiger partial charge in [0.1, 0.15) is 5.75 Å². The van der Waals surface area contributed by atoms with E-state index in [1.807, 2.05) is 25.3 Å². The molecule has 0 aliphatic heterocycles. The standard InChI is InChI=1S/C17H19NO2S/c1-12(13-6-10-16(21-3)11-7-13)18-17(19)14-4-8-15(20-2)9-5-14/h4-12H,1-3H3,(H,18,19)/t12-/m1/s1. The van der Waals surface area contributed by atoms with E-state index >= 15 is 0 Å². The molecule has 21 heavy (non-hydrogen) atoms. The number of thioether (sulfide) groups is 1. The minimum Gasteiger partial charge on any atom is -0.497 e. The van der Waals surface area contributed by atoms with Gasteiger partial charge in [0.2, 0.25) is 0 Å². The van der Waals surface area contributed by atoms with Crippen molar-refractivity contribution >= 4 is 17.7 Å². The number of carbonyl (C=O) groups excluding carboxylic acids is 1. The third-order valence-corrected chi connectivity index (χ3v) is 4.06. The molecule has 2 rings (SSSR count). The van der Waals surface area contributed by atoms with Crippen LogP contribution in [0.1, 0.15) is 28.9 Å². The molecule has 1 amide bonds. The van der Waals surface area contributed by atoms with Gasteiger partial charge in [-0.05, 0) is 55.1 Å². The van der Waals surface area contributed by atoms with E-state index in [2.05, 4.69) is 17.4 Å². The van der Waals surface area contributed by atoms with Gasteiger partial charge < -0.3 is 10.1 Å². The maximum Gasteiger partial charge on any atom is 0.251 e. The summed E-state index contributed by atoms with van der Waals surface area (Å²) in [7, 11) is 1.61. The van der Waals surface area contributed by atoms with Gasteiger partial charge in [0.25, 0.3) is 5.91 Å². The summed E-state index contributed by atoms with van der Waals surface area (Å²) in [5.41, 5.74) is 1.72. The first-order valence-corrected chi connectivity index (χ1v) is 7.95. The van der Waals surface area contributed by atoms with Crippen molar-refractivity contribution < 1.29 is 9.53 Å². The fraction of sp³-hybridized carbons (Fsp3) is 0.235. The predicted molar refractivity (Wildman–Crippen MR) is 87.1 cm³/mol. The molecule has 3 nitrogen and oxygen atoms in total. The Morgan fingerprint density at radius 1 is 1.10 bits per heavy atom. The number of benzene rings is 2. The van der Waals surface area contributed by atoms with Crippen LogP contribution in [0.5, 0.6) is 5.75 Å². The molecule has 0 aromatic heterocycles. The summed E-state index contributed by atoms with van der Waals surface area (Å²) < 4.78 is 5.09. The summed E-state index contributed by atoms with van der Waals surface area (Å²) in [4.78, 5) is 13.4. The normalized spacial score (nSPS) is 11.8. The molecule has 0 fully saturated rings. The molecule has 0 aliphatic rings. The Morgan fingerprint density at radius 2 is 1.71 bits per heavy atom. The molecule has 4 heteroatoms. The molecule has 0 aliphatic carbocycles. The van der Waals surface area contributed by atoms with Crippen molar-refractivity contribution in [1.82, 2.24) is 5.32 Å². The molecule has 0 heterocycles. The number of methoxy groups -OCH3 is 1. The average Bonchev–Trinajstić information content (AvgIpc) is 2.55. The lowest BCUT2D eigenvalue weighted by Crippen LogP contribution is -2.26. The van der Waals surface area contributed by atoms with Crippen molar-refractivity contribution in [1.29, 1.82) is 0 Å². The van der Waals surface area contributed by atoms with Crippen LogP contribution in [0.25, 0.3) is 0 Å². The topological polar surface area (TPSA) is 38.3 Å². The number of ether oxygens (including phenoxy) is 1. The van der Waals surface area contributed by atoms with Gasteiger partial charge in [-0.15, -0.1) is 11.8 Å². The van der Waals surface area contributed by atoms with Gasteiger partial charge in [-0.2, -0.15) is 0 Å². The maximum atomic E-state index is 12.2. The Labute approximate surface area is 129 Å². The van der Waals surface area contributed by atoms with Crippen LogP contribution in [-0.4, -0.2) is 19.3 Å². The number of hydrogen-bond acceptors (Lipinski definition) is 3. The van der Waals surface area contributed by atoms with Gasteiger partial charge in [0, 0.05) is 10.5 Å². The Kier molecular flexibility index (Phi) is 5.28. The molecule has 0 unspecified atom stereocenters. The zero-order chi connectivity index (χ0) is 15.2. The summed E-state index contributed by atoms with van der Waals surface area (Å²) in [5.74, 6) is 0.659. The van der Waals surface area contributed by atoms with Crippen molar-refractivity contribution in [2.75, 3.05) is 13.4 Å². The van der Waals surface area contributed by atoms with Gasteiger partial charge in [-0.1, -0.05) is 12.1 Å². The second-order valence-electron chi connectivity index (χ2n) is 4.70. The van der Waals surface area contributed by atoms with Gasteiger partial charge >= 0.3 is 0 Å². The van der Waals surface area contributed by atoms with E-state index in [0.29, 0.717) is 5.56 Å². The lowest BCUT2D eigenvalue weighted by Gasteiger charge is -2.15. The minimum absolute atomic E-state index is 0.0319. The van der Waals surface area contributed by atoms with Crippen molar-refractivity contribution in [3.8, 4) is 5.75 Å². The molecule has 0 bridgehead atoms. The lowest BCUT2D eigenvalue weighted by molar-refractivity contribution is 0.0940. The van der Waals surface area contributed by atoms with Crippen molar-refractivity contribution in [2.24, 2.45) is 0 Å². The quantitative estimate of drug-likeness (QED) is 0.851. The van der Waals surface area contributed by atoms with Crippen LogP contribution < -0.4 is 10.1 Å². The average molecular weight is 301 g/mol. The first-order valence-electron chi connectivity index (χ1n) is 6.73. The highest BCUT2D eigenvalue weighted by molar-refractivity contribution is 7.98. The van der Waals surface area contributed by atoms with Gasteiger partial charge in [-0.25, -0.2) is 0 Å². The maximum absolute atomic E-state index is 12.2. The third-order valence-electron chi connectivity index (χ3n) is 3.32. The van der Waals surface area contributed by atoms with E-state index in [9.17, 15) is 4.79 Å². The van der Waals surface area contributed by atoms with Gasteiger partial charge in [0.15, 0.2) is 0 Å². The van der Waals surface area contributed by atoms with E-state index in [0.717, 1.165) is 11.3 Å². The van der Waals surface area contributed by atoms with Crippen molar-refractivity contribution in [3.63, 3.8) is 0 Å². The molecule has 1 atom stereocenters. The summed E-state index contributed by atoms with van der Waals surface area (Å²) in [6.45, 7) is 1.98. The van der Waals surface area contributed by atoms with Crippen LogP contribution in [-0.2, 0) is 0 Å². The van der Waals surface area contributed by atoms with Crippen molar-refractivity contribution in [2.45, 2.75) is 17.9 Å². The zero-order valence-corrected chi connectivity index (χ0v) is 13.2. The highest BCUT2D eigenvalue weighted by atomic mass is 32.2. The fourth-order valence-corrected chi connectivity index (χ4v) is 2.41.